The van der Waals surface area contributed by atoms with E-state index in [4.69, 9.17) is 0 Å². The van der Waals surface area contributed by atoms with E-state index < -0.39 is 0 Å². The standard InChI is InChI=1S/C16H17N3O/c1-2-12-17-16(20)19-15-10-8-14(9-11-15)18-13-6-4-3-5-7-13/h2-12,18H,1H3,(H2,17,19,20)/b12-2+. The van der Waals surface area contributed by atoms with Crippen LogP contribution in [0.5, 0.6) is 0 Å². The number of para-hydroxylation sites is 1. The summed E-state index contributed by atoms with van der Waals surface area (Å²) < 4.78 is 0. The minimum Gasteiger partial charge on any atom is -0.356 e. The van der Waals surface area contributed by atoms with E-state index >= 15 is 0 Å². The van der Waals surface area contributed by atoms with Crippen molar-refractivity contribution in [1.82, 2.24) is 5.32 Å². The van der Waals surface area contributed by atoms with Crippen LogP contribution in [0.15, 0.2) is 66.9 Å². The van der Waals surface area contributed by atoms with Crippen molar-refractivity contribution >= 4 is 23.1 Å². The van der Waals surface area contributed by atoms with Crippen molar-refractivity contribution in [3.63, 3.8) is 0 Å². The highest BCUT2D eigenvalue weighted by Crippen LogP contribution is 2.18. The van der Waals surface area contributed by atoms with Gasteiger partial charge in [0.1, 0.15) is 0 Å². The molecule has 0 fully saturated rings. The quantitative estimate of drug-likeness (QED) is 0.781. The largest absolute Gasteiger partial charge is 0.356 e. The summed E-state index contributed by atoms with van der Waals surface area (Å²) in [6.45, 7) is 1.84. The van der Waals surface area contributed by atoms with E-state index in [1.807, 2.05) is 61.5 Å². The van der Waals surface area contributed by atoms with Crippen LogP contribution in [0.3, 0.4) is 0 Å². The average molecular weight is 267 g/mol. The summed E-state index contributed by atoms with van der Waals surface area (Å²) in [7, 11) is 0. The van der Waals surface area contributed by atoms with Crippen molar-refractivity contribution in [2.75, 3.05) is 10.6 Å². The lowest BCUT2D eigenvalue weighted by Gasteiger charge is -2.08. The third-order valence-corrected chi connectivity index (χ3v) is 2.59. The van der Waals surface area contributed by atoms with Crippen LogP contribution in [0.25, 0.3) is 0 Å². The first kappa shape index (κ1) is 13.7. The Balaban J connectivity index is 1.94. The van der Waals surface area contributed by atoms with Gasteiger partial charge >= 0.3 is 6.03 Å². The number of carbonyl (C=O) groups excluding carboxylic acids is 1. The highest BCUT2D eigenvalue weighted by molar-refractivity contribution is 5.90. The van der Waals surface area contributed by atoms with E-state index in [2.05, 4.69) is 16.0 Å². The predicted molar refractivity (Wildman–Crippen MR) is 83.1 cm³/mol. The third kappa shape index (κ3) is 4.17. The van der Waals surface area contributed by atoms with Crippen LogP contribution < -0.4 is 16.0 Å². The van der Waals surface area contributed by atoms with E-state index in [0.29, 0.717) is 0 Å². The molecule has 0 aromatic heterocycles. The Morgan fingerprint density at radius 2 is 1.50 bits per heavy atom. The van der Waals surface area contributed by atoms with Crippen LogP contribution in [0, 0.1) is 0 Å². The molecule has 0 bridgehead atoms. The van der Waals surface area contributed by atoms with E-state index in [1.165, 1.54) is 0 Å². The van der Waals surface area contributed by atoms with Crippen molar-refractivity contribution in [3.05, 3.63) is 66.9 Å². The number of urea groups is 1. The third-order valence-electron chi connectivity index (χ3n) is 2.59. The Kier molecular flexibility index (Phi) is 4.78. The first-order valence-corrected chi connectivity index (χ1v) is 6.39. The van der Waals surface area contributed by atoms with Gasteiger partial charge in [0.25, 0.3) is 0 Å². The van der Waals surface area contributed by atoms with E-state index in [0.717, 1.165) is 17.1 Å². The van der Waals surface area contributed by atoms with Gasteiger partial charge in [-0.15, -0.1) is 0 Å². The van der Waals surface area contributed by atoms with Gasteiger partial charge in [-0.3, -0.25) is 0 Å². The minimum atomic E-state index is -0.258. The number of hydrogen-bond acceptors (Lipinski definition) is 2. The molecule has 102 valence electrons. The molecule has 2 amide bonds. The molecular formula is C16H17N3O. The molecule has 0 aliphatic heterocycles. The fourth-order valence-electron chi connectivity index (χ4n) is 1.65. The summed E-state index contributed by atoms with van der Waals surface area (Å²) in [6.07, 6.45) is 3.34. The Morgan fingerprint density at radius 1 is 0.900 bits per heavy atom. The van der Waals surface area contributed by atoms with Gasteiger partial charge in [0.15, 0.2) is 0 Å². The molecule has 0 aliphatic rings. The molecule has 2 rings (SSSR count). The van der Waals surface area contributed by atoms with E-state index in [9.17, 15) is 4.79 Å². The maximum atomic E-state index is 11.5. The Morgan fingerprint density at radius 3 is 2.15 bits per heavy atom. The number of amides is 2. The summed E-state index contributed by atoms with van der Waals surface area (Å²) in [5.41, 5.74) is 2.74. The van der Waals surface area contributed by atoms with Gasteiger partial charge in [0.05, 0.1) is 0 Å². The Labute approximate surface area is 118 Å². The number of nitrogens with one attached hydrogen (secondary N) is 3. The van der Waals surface area contributed by atoms with Gasteiger partial charge in [0.2, 0.25) is 0 Å². The summed E-state index contributed by atoms with van der Waals surface area (Å²) in [5.74, 6) is 0. The molecule has 0 atom stereocenters. The highest BCUT2D eigenvalue weighted by Gasteiger charge is 1.99. The second-order valence-corrected chi connectivity index (χ2v) is 4.17. The number of allylic oxidation sites excluding steroid dienone is 1. The smallest absolute Gasteiger partial charge is 0.323 e. The van der Waals surface area contributed by atoms with Gasteiger partial charge in [0, 0.05) is 23.3 Å². The van der Waals surface area contributed by atoms with Crippen LogP contribution in [-0.4, -0.2) is 6.03 Å². The van der Waals surface area contributed by atoms with Gasteiger partial charge < -0.3 is 16.0 Å². The van der Waals surface area contributed by atoms with Crippen molar-refractivity contribution in [1.29, 1.82) is 0 Å². The van der Waals surface area contributed by atoms with Crippen LogP contribution in [0.2, 0.25) is 0 Å². The fourth-order valence-corrected chi connectivity index (χ4v) is 1.65. The lowest BCUT2D eigenvalue weighted by molar-refractivity contribution is 0.255. The monoisotopic (exact) mass is 267 g/mol. The topological polar surface area (TPSA) is 53.2 Å². The van der Waals surface area contributed by atoms with Gasteiger partial charge in [-0.2, -0.15) is 0 Å². The molecule has 0 unspecified atom stereocenters. The average Bonchev–Trinajstić information content (AvgIpc) is 2.48. The molecule has 0 radical (unpaired) electrons. The van der Waals surface area contributed by atoms with Crippen molar-refractivity contribution in [2.45, 2.75) is 6.92 Å². The Bertz CT molecular complexity index is 576. The maximum absolute atomic E-state index is 11.5. The van der Waals surface area contributed by atoms with Crippen molar-refractivity contribution < 1.29 is 4.79 Å². The predicted octanol–water partition coefficient (Wildman–Crippen LogP) is 4.09. The van der Waals surface area contributed by atoms with Gasteiger partial charge in [-0.25, -0.2) is 4.79 Å². The summed E-state index contributed by atoms with van der Waals surface area (Å²) in [4.78, 5) is 11.5. The molecule has 3 N–H and O–H groups in total. The van der Waals surface area contributed by atoms with Gasteiger partial charge in [-0.1, -0.05) is 24.3 Å². The zero-order chi connectivity index (χ0) is 14.2. The first-order chi connectivity index (χ1) is 9.78. The zero-order valence-corrected chi connectivity index (χ0v) is 11.3. The van der Waals surface area contributed by atoms with E-state index in [1.54, 1.807) is 12.3 Å². The second-order valence-electron chi connectivity index (χ2n) is 4.17. The second kappa shape index (κ2) is 6.99. The number of carbonyl (C=O) groups is 1. The lowest BCUT2D eigenvalue weighted by atomic mass is 10.2. The van der Waals surface area contributed by atoms with Crippen LogP contribution in [0.1, 0.15) is 6.92 Å². The number of benzene rings is 2. The number of hydrogen-bond donors (Lipinski definition) is 3. The molecule has 0 heterocycles. The van der Waals surface area contributed by atoms with Crippen LogP contribution >= 0.6 is 0 Å². The van der Waals surface area contributed by atoms with Crippen molar-refractivity contribution in [2.24, 2.45) is 0 Å². The van der Waals surface area contributed by atoms with Crippen LogP contribution in [-0.2, 0) is 0 Å². The molecule has 0 aliphatic carbocycles. The summed E-state index contributed by atoms with van der Waals surface area (Å²) >= 11 is 0. The summed E-state index contributed by atoms with van der Waals surface area (Å²) in [5, 5.41) is 8.61. The molecule has 0 saturated carbocycles. The normalized spacial score (nSPS) is 10.2. The zero-order valence-electron chi connectivity index (χ0n) is 11.3. The molecule has 4 nitrogen and oxygen atoms in total. The first-order valence-electron chi connectivity index (χ1n) is 6.39. The summed E-state index contributed by atoms with van der Waals surface area (Å²) in [6, 6.07) is 17.2. The molecule has 0 saturated heterocycles. The lowest BCUT2D eigenvalue weighted by Crippen LogP contribution is -2.23. The maximum Gasteiger partial charge on any atom is 0.323 e. The molecule has 0 spiro atoms. The highest BCUT2D eigenvalue weighted by atomic mass is 16.2. The Hall–Kier alpha value is -2.75. The van der Waals surface area contributed by atoms with Gasteiger partial charge in [-0.05, 0) is 43.3 Å². The number of anilines is 3. The minimum absolute atomic E-state index is 0.258. The van der Waals surface area contributed by atoms with Crippen molar-refractivity contribution in [3.8, 4) is 0 Å². The molecule has 2 aromatic carbocycles. The molecule has 2 aromatic rings. The fraction of sp³-hybridized carbons (Fsp3) is 0.0625. The molecule has 4 heteroatoms. The van der Waals surface area contributed by atoms with Crippen LogP contribution in [0.4, 0.5) is 21.9 Å². The SMILES string of the molecule is C/C=C/NC(=O)Nc1ccc(Nc2ccccc2)cc1. The van der Waals surface area contributed by atoms with E-state index in [-0.39, 0.29) is 6.03 Å². The molecule has 20 heavy (non-hydrogen) atoms. The number of rotatable bonds is 4. The molecular weight excluding hydrogens is 250 g/mol.